The lowest BCUT2D eigenvalue weighted by Crippen LogP contribution is -2.35. The largest absolute Gasteiger partial charge is 0.346 e. The molecule has 4 rings (SSSR count). The molecule has 4 nitrogen and oxygen atoms in total. The fourth-order valence-electron chi connectivity index (χ4n) is 3.42. The number of rotatable bonds is 5. The second-order valence-electron chi connectivity index (χ2n) is 7.20. The SMILES string of the molecule is C[C@@H](NC(=O)/C=C1/Sc2ccccc2N(Cc2ccccc2Cl)C1=O)c1ccccc1. The average molecular weight is 449 g/mol. The summed E-state index contributed by atoms with van der Waals surface area (Å²) in [6, 6.07) is 24.7. The molecule has 0 radical (unpaired) electrons. The van der Waals surface area contributed by atoms with E-state index in [1.54, 1.807) is 11.0 Å². The minimum absolute atomic E-state index is 0.166. The Morgan fingerprint density at radius 3 is 2.48 bits per heavy atom. The number of carbonyl (C=O) groups is 2. The summed E-state index contributed by atoms with van der Waals surface area (Å²) in [7, 11) is 0. The summed E-state index contributed by atoms with van der Waals surface area (Å²) >= 11 is 7.64. The van der Waals surface area contributed by atoms with Crippen LogP contribution in [0.5, 0.6) is 0 Å². The van der Waals surface area contributed by atoms with Gasteiger partial charge < -0.3 is 10.2 Å². The van der Waals surface area contributed by atoms with E-state index in [0.717, 1.165) is 21.7 Å². The molecule has 0 saturated carbocycles. The van der Waals surface area contributed by atoms with Crippen molar-refractivity contribution in [2.24, 2.45) is 0 Å². The van der Waals surface area contributed by atoms with Crippen molar-refractivity contribution in [1.82, 2.24) is 5.32 Å². The molecule has 0 saturated heterocycles. The second kappa shape index (κ2) is 9.41. The predicted octanol–water partition coefficient (Wildman–Crippen LogP) is 5.74. The number of hydrogen-bond donors (Lipinski definition) is 1. The average Bonchev–Trinajstić information content (AvgIpc) is 2.78. The van der Waals surface area contributed by atoms with E-state index in [4.69, 9.17) is 11.6 Å². The van der Waals surface area contributed by atoms with Crippen molar-refractivity contribution in [3.05, 3.63) is 106 Å². The molecule has 1 N–H and O–H groups in total. The summed E-state index contributed by atoms with van der Waals surface area (Å²) in [5.41, 5.74) is 2.66. The normalized spacial score (nSPS) is 15.5. The molecule has 0 unspecified atom stereocenters. The molecule has 0 aromatic heterocycles. The van der Waals surface area contributed by atoms with Gasteiger partial charge in [-0.3, -0.25) is 9.59 Å². The van der Waals surface area contributed by atoms with E-state index in [1.165, 1.54) is 17.8 Å². The van der Waals surface area contributed by atoms with Gasteiger partial charge in [-0.15, -0.1) is 0 Å². The molecule has 1 atom stereocenters. The lowest BCUT2D eigenvalue weighted by Gasteiger charge is -2.30. The van der Waals surface area contributed by atoms with Crippen LogP contribution in [0.2, 0.25) is 5.02 Å². The Morgan fingerprint density at radius 1 is 1.03 bits per heavy atom. The summed E-state index contributed by atoms with van der Waals surface area (Å²) in [6.07, 6.45) is 1.39. The fraction of sp³-hybridized carbons (Fsp3) is 0.120. The highest BCUT2D eigenvalue weighted by Crippen LogP contribution is 2.42. The number of carbonyl (C=O) groups excluding carboxylic acids is 2. The third-order valence-electron chi connectivity index (χ3n) is 5.04. The van der Waals surface area contributed by atoms with Gasteiger partial charge in [-0.05, 0) is 36.2 Å². The van der Waals surface area contributed by atoms with Gasteiger partial charge in [-0.2, -0.15) is 0 Å². The van der Waals surface area contributed by atoms with Crippen molar-refractivity contribution < 1.29 is 9.59 Å². The zero-order valence-electron chi connectivity index (χ0n) is 16.9. The van der Waals surface area contributed by atoms with Crippen LogP contribution in [0.25, 0.3) is 0 Å². The molecule has 156 valence electrons. The molecule has 0 bridgehead atoms. The summed E-state index contributed by atoms with van der Waals surface area (Å²) in [6.45, 7) is 2.25. The van der Waals surface area contributed by atoms with Gasteiger partial charge in [0, 0.05) is 16.0 Å². The molecule has 6 heteroatoms. The number of fused-ring (bicyclic) bond motifs is 1. The number of benzene rings is 3. The number of halogens is 1. The zero-order valence-corrected chi connectivity index (χ0v) is 18.5. The van der Waals surface area contributed by atoms with Crippen molar-refractivity contribution in [3.8, 4) is 0 Å². The van der Waals surface area contributed by atoms with E-state index in [0.29, 0.717) is 16.5 Å². The number of hydrogen-bond acceptors (Lipinski definition) is 3. The predicted molar refractivity (Wildman–Crippen MR) is 126 cm³/mol. The van der Waals surface area contributed by atoms with Gasteiger partial charge in [0.2, 0.25) is 5.91 Å². The van der Waals surface area contributed by atoms with Crippen LogP contribution >= 0.6 is 23.4 Å². The first-order valence-corrected chi connectivity index (χ1v) is 11.1. The second-order valence-corrected chi connectivity index (χ2v) is 8.69. The highest BCUT2D eigenvalue weighted by atomic mass is 35.5. The van der Waals surface area contributed by atoms with Crippen LogP contribution in [0.3, 0.4) is 0 Å². The van der Waals surface area contributed by atoms with Crippen LogP contribution in [0.15, 0.2) is 94.7 Å². The summed E-state index contributed by atoms with van der Waals surface area (Å²) in [4.78, 5) is 29.0. The van der Waals surface area contributed by atoms with Gasteiger partial charge in [0.15, 0.2) is 0 Å². The minimum Gasteiger partial charge on any atom is -0.346 e. The Hall–Kier alpha value is -3.02. The van der Waals surface area contributed by atoms with Gasteiger partial charge in [-0.1, -0.05) is 84.0 Å². The van der Waals surface area contributed by atoms with E-state index in [-0.39, 0.29) is 17.9 Å². The molecule has 2 amide bonds. The van der Waals surface area contributed by atoms with Crippen LogP contribution in [0.1, 0.15) is 24.1 Å². The molecule has 31 heavy (non-hydrogen) atoms. The lowest BCUT2D eigenvalue weighted by atomic mass is 10.1. The maximum atomic E-state index is 13.3. The first kappa shape index (κ1) is 21.2. The number of para-hydroxylation sites is 1. The Labute approximate surface area is 190 Å². The van der Waals surface area contributed by atoms with Crippen molar-refractivity contribution in [3.63, 3.8) is 0 Å². The van der Waals surface area contributed by atoms with Crippen LogP contribution in [0.4, 0.5) is 5.69 Å². The zero-order chi connectivity index (χ0) is 21.8. The van der Waals surface area contributed by atoms with Gasteiger partial charge in [0.05, 0.1) is 23.2 Å². The van der Waals surface area contributed by atoms with Crippen molar-refractivity contribution >= 4 is 40.9 Å². The van der Waals surface area contributed by atoms with Crippen LogP contribution in [-0.4, -0.2) is 11.8 Å². The van der Waals surface area contributed by atoms with Crippen LogP contribution in [-0.2, 0) is 16.1 Å². The fourth-order valence-corrected chi connectivity index (χ4v) is 4.64. The molecule has 0 spiro atoms. The smallest absolute Gasteiger partial charge is 0.265 e. The van der Waals surface area contributed by atoms with Crippen molar-refractivity contribution in [2.45, 2.75) is 24.4 Å². The monoisotopic (exact) mass is 448 g/mol. The number of anilines is 1. The van der Waals surface area contributed by atoms with Gasteiger partial charge in [-0.25, -0.2) is 0 Å². The highest BCUT2D eigenvalue weighted by molar-refractivity contribution is 8.04. The maximum absolute atomic E-state index is 13.3. The molecule has 0 fully saturated rings. The molecule has 1 heterocycles. The summed E-state index contributed by atoms with van der Waals surface area (Å²) in [5, 5.41) is 3.54. The Bertz CT molecular complexity index is 1150. The number of nitrogens with zero attached hydrogens (tertiary/aromatic N) is 1. The first-order chi connectivity index (χ1) is 15.0. The third kappa shape index (κ3) is 4.84. The number of amides is 2. The van der Waals surface area contributed by atoms with Crippen molar-refractivity contribution in [2.75, 3.05) is 4.90 Å². The molecule has 1 aliphatic rings. The van der Waals surface area contributed by atoms with E-state index < -0.39 is 0 Å². The van der Waals surface area contributed by atoms with Gasteiger partial charge in [0.1, 0.15) is 0 Å². The van der Waals surface area contributed by atoms with Crippen LogP contribution in [0, 0.1) is 0 Å². The quantitative estimate of drug-likeness (QED) is 0.506. The lowest BCUT2D eigenvalue weighted by molar-refractivity contribution is -0.118. The highest BCUT2D eigenvalue weighted by Gasteiger charge is 2.30. The molecule has 3 aromatic rings. The standard InChI is InChI=1S/C25H21ClN2O2S/c1-17(18-9-3-2-4-10-18)27-24(29)15-23-25(30)28(16-19-11-5-6-12-20(19)26)21-13-7-8-14-22(21)31-23/h2-15,17H,16H2,1H3,(H,27,29)/b23-15+/t17-/m1/s1. The molecular weight excluding hydrogens is 428 g/mol. The molecular formula is C25H21ClN2O2S. The number of thioether (sulfide) groups is 1. The van der Waals surface area contributed by atoms with E-state index in [2.05, 4.69) is 5.32 Å². The molecule has 3 aromatic carbocycles. The number of nitrogens with one attached hydrogen (secondary N) is 1. The summed E-state index contributed by atoms with van der Waals surface area (Å²) in [5.74, 6) is -0.518. The maximum Gasteiger partial charge on any atom is 0.265 e. The topological polar surface area (TPSA) is 49.4 Å². The third-order valence-corrected chi connectivity index (χ3v) is 6.48. The van der Waals surface area contributed by atoms with E-state index >= 15 is 0 Å². The van der Waals surface area contributed by atoms with Gasteiger partial charge in [0.25, 0.3) is 5.91 Å². The first-order valence-electron chi connectivity index (χ1n) is 9.92. The van der Waals surface area contributed by atoms with Crippen molar-refractivity contribution in [1.29, 1.82) is 0 Å². The Balaban J connectivity index is 1.59. The van der Waals surface area contributed by atoms with E-state index in [9.17, 15) is 9.59 Å². The Kier molecular flexibility index (Phi) is 6.44. The molecule has 1 aliphatic heterocycles. The minimum atomic E-state index is -0.302. The van der Waals surface area contributed by atoms with E-state index in [1.807, 2.05) is 79.7 Å². The van der Waals surface area contributed by atoms with Crippen LogP contribution < -0.4 is 10.2 Å². The Morgan fingerprint density at radius 2 is 1.71 bits per heavy atom. The summed E-state index contributed by atoms with van der Waals surface area (Å²) < 4.78 is 0. The molecule has 0 aliphatic carbocycles. The van der Waals surface area contributed by atoms with Gasteiger partial charge >= 0.3 is 0 Å².